The third-order valence-electron chi connectivity index (χ3n) is 1.96. The molecule has 0 fully saturated rings. The highest BCUT2D eigenvalue weighted by Crippen LogP contribution is 2.20. The summed E-state index contributed by atoms with van der Waals surface area (Å²) < 4.78 is 5.28. The smallest absolute Gasteiger partial charge is 0.122 e. The van der Waals surface area contributed by atoms with Crippen LogP contribution < -0.4 is 4.74 Å². The highest BCUT2D eigenvalue weighted by molar-refractivity contribution is 5.37. The Kier molecular flexibility index (Phi) is 3.15. The molecule has 0 saturated heterocycles. The molecule has 12 heavy (non-hydrogen) atoms. The summed E-state index contributed by atoms with van der Waals surface area (Å²) in [5.74, 6) is 1.02. The summed E-state index contributed by atoms with van der Waals surface area (Å²) in [4.78, 5) is 0. The molecule has 0 N–H and O–H groups in total. The summed E-state index contributed by atoms with van der Waals surface area (Å²) in [5, 5.41) is 0. The summed E-state index contributed by atoms with van der Waals surface area (Å²) in [5.41, 5.74) is 2.57. The SMILES string of the molecule is CCCc1ccc(C)cc1OC. The lowest BCUT2D eigenvalue weighted by Crippen LogP contribution is -1.91. The van der Waals surface area contributed by atoms with Crippen molar-refractivity contribution < 1.29 is 4.74 Å². The molecule has 66 valence electrons. The van der Waals surface area contributed by atoms with E-state index in [0.29, 0.717) is 0 Å². The van der Waals surface area contributed by atoms with Crippen LogP contribution in [0.25, 0.3) is 0 Å². The van der Waals surface area contributed by atoms with Crippen LogP contribution in [0.3, 0.4) is 0 Å². The molecule has 0 saturated carbocycles. The molecule has 0 spiro atoms. The Labute approximate surface area is 74.4 Å². The summed E-state index contributed by atoms with van der Waals surface area (Å²) in [6, 6.07) is 6.37. The predicted molar refractivity (Wildman–Crippen MR) is 51.7 cm³/mol. The molecule has 0 atom stereocenters. The van der Waals surface area contributed by atoms with Crippen molar-refractivity contribution in [1.82, 2.24) is 0 Å². The highest BCUT2D eigenvalue weighted by Gasteiger charge is 2.00. The number of hydrogen-bond donors (Lipinski definition) is 0. The van der Waals surface area contributed by atoms with Gasteiger partial charge in [-0.05, 0) is 30.5 Å². The summed E-state index contributed by atoms with van der Waals surface area (Å²) in [6.45, 7) is 4.26. The van der Waals surface area contributed by atoms with Gasteiger partial charge in [0.05, 0.1) is 7.11 Å². The van der Waals surface area contributed by atoms with Crippen LogP contribution in [0.5, 0.6) is 5.75 Å². The molecular weight excluding hydrogens is 148 g/mol. The van der Waals surface area contributed by atoms with Crippen LogP contribution in [0.15, 0.2) is 18.2 Å². The molecule has 0 aliphatic heterocycles. The lowest BCUT2D eigenvalue weighted by Gasteiger charge is -2.07. The maximum Gasteiger partial charge on any atom is 0.122 e. The molecule has 0 amide bonds. The number of benzene rings is 1. The quantitative estimate of drug-likeness (QED) is 0.667. The minimum Gasteiger partial charge on any atom is -0.496 e. The van der Waals surface area contributed by atoms with E-state index in [4.69, 9.17) is 4.74 Å². The molecule has 0 radical (unpaired) electrons. The van der Waals surface area contributed by atoms with Crippen LogP contribution in [0.2, 0.25) is 0 Å². The molecule has 1 nitrogen and oxygen atoms in total. The number of hydrogen-bond acceptors (Lipinski definition) is 1. The molecular formula is C11H16O. The van der Waals surface area contributed by atoms with Gasteiger partial charge >= 0.3 is 0 Å². The molecule has 0 heterocycles. The van der Waals surface area contributed by atoms with E-state index in [1.807, 2.05) is 0 Å². The zero-order chi connectivity index (χ0) is 8.97. The first-order valence-electron chi connectivity index (χ1n) is 4.41. The normalized spacial score (nSPS) is 9.92. The fourth-order valence-electron chi connectivity index (χ4n) is 1.33. The first kappa shape index (κ1) is 9.11. The van der Waals surface area contributed by atoms with Crippen molar-refractivity contribution in [3.8, 4) is 5.75 Å². The number of rotatable bonds is 3. The van der Waals surface area contributed by atoms with Crippen molar-refractivity contribution in [2.45, 2.75) is 26.7 Å². The molecule has 1 aromatic rings. The van der Waals surface area contributed by atoms with Crippen molar-refractivity contribution in [2.24, 2.45) is 0 Å². The van der Waals surface area contributed by atoms with Crippen LogP contribution in [0.1, 0.15) is 24.5 Å². The summed E-state index contributed by atoms with van der Waals surface area (Å²) >= 11 is 0. The molecule has 0 aromatic heterocycles. The van der Waals surface area contributed by atoms with Gasteiger partial charge in [-0.1, -0.05) is 25.5 Å². The second-order valence-corrected chi connectivity index (χ2v) is 3.07. The van der Waals surface area contributed by atoms with Crippen molar-refractivity contribution in [3.05, 3.63) is 29.3 Å². The first-order chi connectivity index (χ1) is 5.77. The van der Waals surface area contributed by atoms with Gasteiger partial charge in [0.1, 0.15) is 5.75 Å². The van der Waals surface area contributed by atoms with E-state index in [9.17, 15) is 0 Å². The molecule has 0 bridgehead atoms. The molecule has 1 rings (SSSR count). The minimum atomic E-state index is 1.02. The zero-order valence-corrected chi connectivity index (χ0v) is 8.05. The topological polar surface area (TPSA) is 9.23 Å². The second-order valence-electron chi connectivity index (χ2n) is 3.07. The predicted octanol–water partition coefficient (Wildman–Crippen LogP) is 2.96. The second kappa shape index (κ2) is 4.15. The number of ether oxygens (including phenoxy) is 1. The zero-order valence-electron chi connectivity index (χ0n) is 8.05. The van der Waals surface area contributed by atoms with Gasteiger partial charge in [-0.2, -0.15) is 0 Å². The molecule has 0 aliphatic rings. The van der Waals surface area contributed by atoms with E-state index >= 15 is 0 Å². The Hall–Kier alpha value is -0.980. The van der Waals surface area contributed by atoms with E-state index in [2.05, 4.69) is 32.0 Å². The van der Waals surface area contributed by atoms with Crippen LogP contribution in [-0.2, 0) is 6.42 Å². The van der Waals surface area contributed by atoms with Crippen LogP contribution in [0.4, 0.5) is 0 Å². The van der Waals surface area contributed by atoms with Gasteiger partial charge in [0.15, 0.2) is 0 Å². The molecule has 1 aromatic carbocycles. The Morgan fingerprint density at radius 2 is 2.08 bits per heavy atom. The van der Waals surface area contributed by atoms with Crippen molar-refractivity contribution in [1.29, 1.82) is 0 Å². The summed E-state index contributed by atoms with van der Waals surface area (Å²) in [7, 11) is 1.73. The number of aryl methyl sites for hydroxylation is 2. The van der Waals surface area contributed by atoms with Gasteiger partial charge < -0.3 is 4.74 Å². The third kappa shape index (κ3) is 2.00. The van der Waals surface area contributed by atoms with E-state index in [1.165, 1.54) is 17.5 Å². The Balaban J connectivity index is 2.94. The van der Waals surface area contributed by atoms with Gasteiger partial charge in [0.2, 0.25) is 0 Å². The third-order valence-corrected chi connectivity index (χ3v) is 1.96. The van der Waals surface area contributed by atoms with Crippen LogP contribution >= 0.6 is 0 Å². The highest BCUT2D eigenvalue weighted by atomic mass is 16.5. The average molecular weight is 164 g/mol. The van der Waals surface area contributed by atoms with Crippen LogP contribution in [-0.4, -0.2) is 7.11 Å². The fraction of sp³-hybridized carbons (Fsp3) is 0.455. The monoisotopic (exact) mass is 164 g/mol. The molecule has 0 aliphatic carbocycles. The largest absolute Gasteiger partial charge is 0.496 e. The summed E-state index contributed by atoms with van der Waals surface area (Å²) in [6.07, 6.45) is 2.27. The van der Waals surface area contributed by atoms with E-state index < -0.39 is 0 Å². The van der Waals surface area contributed by atoms with E-state index in [0.717, 1.165) is 12.2 Å². The maximum atomic E-state index is 5.28. The van der Waals surface area contributed by atoms with E-state index in [1.54, 1.807) is 7.11 Å². The molecule has 1 heteroatoms. The maximum absolute atomic E-state index is 5.28. The number of methoxy groups -OCH3 is 1. The van der Waals surface area contributed by atoms with E-state index in [-0.39, 0.29) is 0 Å². The van der Waals surface area contributed by atoms with Crippen molar-refractivity contribution in [3.63, 3.8) is 0 Å². The van der Waals surface area contributed by atoms with Gasteiger partial charge in [0.25, 0.3) is 0 Å². The van der Waals surface area contributed by atoms with Crippen LogP contribution in [0, 0.1) is 6.92 Å². The van der Waals surface area contributed by atoms with Gasteiger partial charge in [-0.15, -0.1) is 0 Å². The average Bonchev–Trinajstić information content (AvgIpc) is 2.08. The Morgan fingerprint density at radius 1 is 1.33 bits per heavy atom. The molecule has 0 unspecified atom stereocenters. The Bertz CT molecular complexity index is 253. The van der Waals surface area contributed by atoms with Gasteiger partial charge in [-0.25, -0.2) is 0 Å². The van der Waals surface area contributed by atoms with Crippen molar-refractivity contribution >= 4 is 0 Å². The standard InChI is InChI=1S/C11H16O/c1-4-5-10-7-6-9(2)8-11(10)12-3/h6-8H,4-5H2,1-3H3. The lowest BCUT2D eigenvalue weighted by molar-refractivity contribution is 0.409. The van der Waals surface area contributed by atoms with Gasteiger partial charge in [-0.3, -0.25) is 0 Å². The lowest BCUT2D eigenvalue weighted by atomic mass is 10.1. The fourth-order valence-corrected chi connectivity index (χ4v) is 1.33. The Morgan fingerprint density at radius 3 is 2.67 bits per heavy atom. The van der Waals surface area contributed by atoms with Crippen molar-refractivity contribution in [2.75, 3.05) is 7.11 Å². The van der Waals surface area contributed by atoms with Gasteiger partial charge in [0, 0.05) is 0 Å². The first-order valence-corrected chi connectivity index (χ1v) is 4.41. The minimum absolute atomic E-state index is 1.02.